The summed E-state index contributed by atoms with van der Waals surface area (Å²) in [7, 11) is 0. The number of oxime groups is 1. The van der Waals surface area contributed by atoms with Gasteiger partial charge >= 0.3 is 5.97 Å². The molecule has 0 bridgehead atoms. The van der Waals surface area contributed by atoms with Crippen molar-refractivity contribution in [3.8, 4) is 0 Å². The number of carboxylic acids is 1. The number of carbonyl (C=O) groups is 2. The number of nitrogens with zero attached hydrogens (tertiary/aromatic N) is 1. The molecule has 1 aromatic rings. The van der Waals surface area contributed by atoms with Gasteiger partial charge in [0, 0.05) is 12.8 Å². The largest absolute Gasteiger partial charge is 0.478 e. The molecule has 1 aliphatic rings. The Morgan fingerprint density at radius 2 is 2.11 bits per heavy atom. The molecule has 1 radical (unpaired) electrons. The second-order valence-electron chi connectivity index (χ2n) is 4.34. The highest BCUT2D eigenvalue weighted by molar-refractivity contribution is 6.43. The van der Waals surface area contributed by atoms with Crippen LogP contribution in [0.2, 0.25) is 0 Å². The first kappa shape index (κ1) is 13.1. The number of aliphatic carboxylic acids is 1. The molecule has 1 aromatic heterocycles. The summed E-state index contributed by atoms with van der Waals surface area (Å²) in [5.74, 6) is -2.11. The molecule has 7 heteroatoms. The fourth-order valence-electron chi connectivity index (χ4n) is 2.03. The predicted molar refractivity (Wildman–Crippen MR) is 63.3 cm³/mol. The van der Waals surface area contributed by atoms with Crippen LogP contribution in [0.1, 0.15) is 31.4 Å². The van der Waals surface area contributed by atoms with Crippen molar-refractivity contribution in [2.75, 3.05) is 0 Å². The molecule has 2 N–H and O–H groups in total. The van der Waals surface area contributed by atoms with Crippen LogP contribution >= 0.6 is 0 Å². The molecule has 0 spiro atoms. The fourth-order valence-corrected chi connectivity index (χ4v) is 2.03. The number of rotatable bonds is 5. The Hall–Kier alpha value is -2.31. The maximum absolute atomic E-state index is 11.2. The van der Waals surface area contributed by atoms with Gasteiger partial charge in [0.25, 0.3) is 5.91 Å². The number of hydrogen-bond acceptors (Lipinski definition) is 5. The van der Waals surface area contributed by atoms with E-state index < -0.39 is 17.5 Å². The van der Waals surface area contributed by atoms with Crippen LogP contribution in [0.4, 0.5) is 0 Å². The summed E-state index contributed by atoms with van der Waals surface area (Å²) in [5, 5.41) is 12.7. The summed E-state index contributed by atoms with van der Waals surface area (Å²) < 4.78 is 4.97. The van der Waals surface area contributed by atoms with Gasteiger partial charge < -0.3 is 14.4 Å². The average Bonchev–Trinajstić information content (AvgIpc) is 2.99. The van der Waals surface area contributed by atoms with E-state index in [2.05, 4.69) is 5.16 Å². The average molecular weight is 265 g/mol. The quantitative estimate of drug-likeness (QED) is 0.635. The van der Waals surface area contributed by atoms with Gasteiger partial charge in [-0.1, -0.05) is 5.16 Å². The lowest BCUT2D eigenvalue weighted by molar-refractivity contribution is -0.165. The third-order valence-corrected chi connectivity index (χ3v) is 3.08. The van der Waals surface area contributed by atoms with E-state index in [1.165, 1.54) is 18.4 Å². The smallest absolute Gasteiger partial charge is 0.350 e. The lowest BCUT2D eigenvalue weighted by atomic mass is 10.0. The maximum Gasteiger partial charge on any atom is 0.350 e. The first-order chi connectivity index (χ1) is 9.05. The molecule has 0 atom stereocenters. The summed E-state index contributed by atoms with van der Waals surface area (Å²) in [6, 6.07) is 2.99. The minimum atomic E-state index is -1.40. The molecule has 0 aliphatic heterocycles. The van der Waals surface area contributed by atoms with Crippen LogP contribution in [-0.2, 0) is 14.4 Å². The second kappa shape index (κ2) is 5.13. The molecule has 0 saturated heterocycles. The van der Waals surface area contributed by atoms with Crippen molar-refractivity contribution in [3.63, 3.8) is 0 Å². The number of furan rings is 1. The molecule has 0 aromatic carbocycles. The van der Waals surface area contributed by atoms with Crippen molar-refractivity contribution in [3.05, 3.63) is 24.2 Å². The highest BCUT2D eigenvalue weighted by Crippen LogP contribution is 2.33. The van der Waals surface area contributed by atoms with Crippen LogP contribution in [-0.4, -0.2) is 28.3 Å². The highest BCUT2D eigenvalue weighted by atomic mass is 16.7. The second-order valence-corrected chi connectivity index (χ2v) is 4.34. The van der Waals surface area contributed by atoms with Crippen molar-refractivity contribution >= 4 is 17.6 Å². The zero-order valence-corrected chi connectivity index (χ0v) is 10.1. The van der Waals surface area contributed by atoms with Gasteiger partial charge in [-0.15, -0.1) is 0 Å². The molecule has 1 aliphatic carbocycles. The van der Waals surface area contributed by atoms with E-state index in [0.29, 0.717) is 12.8 Å². The van der Waals surface area contributed by atoms with E-state index >= 15 is 0 Å². The number of nitrogens with one attached hydrogen (secondary N) is 1. The number of hydrogen-bond donors (Lipinski definition) is 1. The first-order valence-electron chi connectivity index (χ1n) is 5.84. The predicted octanol–water partition coefficient (Wildman–Crippen LogP) is 1.21. The van der Waals surface area contributed by atoms with Crippen LogP contribution in [0.5, 0.6) is 0 Å². The van der Waals surface area contributed by atoms with Crippen molar-refractivity contribution in [1.82, 2.24) is 5.73 Å². The molecular formula is C12H13N2O5. The van der Waals surface area contributed by atoms with Gasteiger partial charge in [0.15, 0.2) is 5.76 Å². The fraction of sp³-hybridized carbons (Fsp3) is 0.417. The van der Waals surface area contributed by atoms with Crippen molar-refractivity contribution in [2.24, 2.45) is 5.16 Å². The highest BCUT2D eigenvalue weighted by Gasteiger charge is 2.44. The van der Waals surface area contributed by atoms with Gasteiger partial charge in [-0.25, -0.2) is 4.79 Å². The Morgan fingerprint density at radius 1 is 1.42 bits per heavy atom. The van der Waals surface area contributed by atoms with Crippen LogP contribution in [0.25, 0.3) is 0 Å². The SMILES string of the molecule is [NH]C(=O)C(=NOC1(C(=O)O)CCCC1)c1ccco1. The van der Waals surface area contributed by atoms with Crippen LogP contribution in [0.15, 0.2) is 28.0 Å². The molecule has 0 unspecified atom stereocenters. The van der Waals surface area contributed by atoms with Crippen molar-refractivity contribution in [2.45, 2.75) is 31.3 Å². The zero-order chi connectivity index (χ0) is 13.9. The Morgan fingerprint density at radius 3 is 2.58 bits per heavy atom. The normalized spacial score (nSPS) is 18.2. The molecule has 19 heavy (non-hydrogen) atoms. The third kappa shape index (κ3) is 2.59. The Kier molecular flexibility index (Phi) is 3.55. The van der Waals surface area contributed by atoms with E-state index in [9.17, 15) is 14.7 Å². The van der Waals surface area contributed by atoms with E-state index in [1.807, 2.05) is 0 Å². The third-order valence-electron chi connectivity index (χ3n) is 3.08. The van der Waals surface area contributed by atoms with Gasteiger partial charge in [0.1, 0.15) is 0 Å². The summed E-state index contributed by atoms with van der Waals surface area (Å²) in [6.07, 6.45) is 3.46. The molecule has 1 saturated carbocycles. The monoisotopic (exact) mass is 265 g/mol. The lowest BCUT2D eigenvalue weighted by Gasteiger charge is -2.21. The summed E-state index contributed by atoms with van der Waals surface area (Å²) in [4.78, 5) is 27.5. The van der Waals surface area contributed by atoms with Gasteiger partial charge in [-0.2, -0.15) is 0 Å². The minimum absolute atomic E-state index is 0.0820. The van der Waals surface area contributed by atoms with Crippen LogP contribution in [0, 0.1) is 0 Å². The summed E-state index contributed by atoms with van der Waals surface area (Å²) in [6.45, 7) is 0. The minimum Gasteiger partial charge on any atom is -0.478 e. The summed E-state index contributed by atoms with van der Waals surface area (Å²) in [5.41, 5.74) is 5.37. The van der Waals surface area contributed by atoms with Gasteiger partial charge in [-0.3, -0.25) is 10.5 Å². The topological polar surface area (TPSA) is 113 Å². The molecule has 101 valence electrons. The van der Waals surface area contributed by atoms with E-state index in [-0.39, 0.29) is 11.5 Å². The van der Waals surface area contributed by atoms with Crippen molar-refractivity contribution in [1.29, 1.82) is 0 Å². The van der Waals surface area contributed by atoms with Gasteiger partial charge in [-0.05, 0) is 25.0 Å². The molecule has 7 nitrogen and oxygen atoms in total. The molecule has 1 fully saturated rings. The molecule has 2 rings (SSSR count). The van der Waals surface area contributed by atoms with Crippen molar-refractivity contribution < 1.29 is 24.0 Å². The first-order valence-corrected chi connectivity index (χ1v) is 5.84. The lowest BCUT2D eigenvalue weighted by Crippen LogP contribution is -2.37. The zero-order valence-electron chi connectivity index (χ0n) is 10.1. The Bertz CT molecular complexity index is 500. The standard InChI is InChI=1S/C12H13N2O5/c13-10(15)9(8-4-3-7-18-8)14-19-12(11(16)17)5-1-2-6-12/h3-4,7,13H,1-2,5-6H2,(H,16,17). The summed E-state index contributed by atoms with van der Waals surface area (Å²) >= 11 is 0. The Labute approximate surface area is 109 Å². The van der Waals surface area contributed by atoms with Gasteiger partial charge in [0.05, 0.1) is 6.26 Å². The number of amides is 1. The van der Waals surface area contributed by atoms with E-state index in [1.54, 1.807) is 0 Å². The molecular weight excluding hydrogens is 252 g/mol. The van der Waals surface area contributed by atoms with Gasteiger partial charge in [0.2, 0.25) is 11.3 Å². The van der Waals surface area contributed by atoms with E-state index in [4.69, 9.17) is 15.0 Å². The van der Waals surface area contributed by atoms with E-state index in [0.717, 1.165) is 12.8 Å². The number of carboxylic acid groups (broad SMARTS) is 1. The van der Waals surface area contributed by atoms with Crippen LogP contribution in [0.3, 0.4) is 0 Å². The van der Waals surface area contributed by atoms with Crippen LogP contribution < -0.4 is 5.73 Å². The molecule has 1 heterocycles. The number of carbonyl (C=O) groups excluding carboxylic acids is 1. The molecule has 1 amide bonds. The maximum atomic E-state index is 11.2. The Balaban J connectivity index is 2.23.